The minimum Gasteiger partial charge on any atom is -0.457 e. The van der Waals surface area contributed by atoms with Gasteiger partial charge in [0.15, 0.2) is 0 Å². The van der Waals surface area contributed by atoms with Crippen molar-refractivity contribution in [2.24, 2.45) is 4.36 Å². The number of halogens is 1. The molecule has 0 saturated carbocycles. The Balaban J connectivity index is 0.00000400. The number of H-pyrrole nitrogens is 1. The second-order valence-electron chi connectivity index (χ2n) is 8.99. The summed E-state index contributed by atoms with van der Waals surface area (Å²) in [7, 11) is -2.55. The molecule has 37 heavy (non-hydrogen) atoms. The van der Waals surface area contributed by atoms with E-state index in [-0.39, 0.29) is 31.4 Å². The van der Waals surface area contributed by atoms with Crippen LogP contribution in [-0.2, 0) is 27.4 Å². The number of pyridine rings is 1. The summed E-state index contributed by atoms with van der Waals surface area (Å²) in [5.74, 6) is 0.0891. The van der Waals surface area contributed by atoms with Gasteiger partial charge in [-0.1, -0.05) is 29.8 Å². The van der Waals surface area contributed by atoms with E-state index in [0.29, 0.717) is 28.5 Å². The van der Waals surface area contributed by atoms with Gasteiger partial charge in [-0.3, -0.25) is 14.6 Å². The molecule has 2 aromatic carbocycles. The summed E-state index contributed by atoms with van der Waals surface area (Å²) in [6.07, 6.45) is 6.12. The standard InChI is InChI=1S/C28H26FN3O4S.H2/c1-18-4-9-25(29)20(12-18)14-22(33)13-19-5-7-23(8-6-19)36-24-10-11-30-27(16-24)26-15-21(17-31-26)28(34)32-37(2,3)35;/h4-12,15-17,31H,13-14H2,1-3H3;1H. The summed E-state index contributed by atoms with van der Waals surface area (Å²) in [5, 5.41) is 0. The number of hydrogen-bond acceptors (Lipinski definition) is 5. The lowest BCUT2D eigenvalue weighted by atomic mass is 10.0. The van der Waals surface area contributed by atoms with E-state index >= 15 is 0 Å². The lowest BCUT2D eigenvalue weighted by molar-refractivity contribution is -0.117. The number of ether oxygens (including phenoxy) is 1. The highest BCUT2D eigenvalue weighted by atomic mass is 32.2. The molecule has 4 aromatic rings. The summed E-state index contributed by atoms with van der Waals surface area (Å²) in [6.45, 7) is 1.86. The Hall–Kier alpha value is -4.11. The Morgan fingerprint density at radius 1 is 1.03 bits per heavy atom. The van der Waals surface area contributed by atoms with E-state index in [1.54, 1.807) is 60.8 Å². The first kappa shape index (κ1) is 26.0. The average molecular weight is 522 g/mol. The molecule has 0 bridgehead atoms. The molecule has 0 atom stereocenters. The first-order valence-electron chi connectivity index (χ1n) is 11.5. The fraction of sp³-hybridized carbons (Fsp3) is 0.179. The Morgan fingerprint density at radius 3 is 2.51 bits per heavy atom. The highest BCUT2D eigenvalue weighted by Crippen LogP contribution is 2.26. The highest BCUT2D eigenvalue weighted by molar-refractivity contribution is 7.92. The molecule has 4 rings (SSSR count). The predicted octanol–water partition coefficient (Wildman–Crippen LogP) is 5.78. The number of nitrogens with zero attached hydrogens (tertiary/aromatic N) is 2. The van der Waals surface area contributed by atoms with Crippen molar-refractivity contribution in [3.05, 3.63) is 101 Å². The molecule has 0 aliphatic rings. The summed E-state index contributed by atoms with van der Waals surface area (Å²) < 4.78 is 35.4. The van der Waals surface area contributed by atoms with Crippen LogP contribution in [0.4, 0.5) is 4.39 Å². The average Bonchev–Trinajstić information content (AvgIpc) is 3.33. The van der Waals surface area contributed by atoms with Gasteiger partial charge in [0.1, 0.15) is 23.1 Å². The Bertz CT molecular complexity index is 1580. The molecular weight excluding hydrogens is 493 g/mol. The van der Waals surface area contributed by atoms with Gasteiger partial charge in [-0.2, -0.15) is 4.36 Å². The lowest BCUT2D eigenvalue weighted by Crippen LogP contribution is -2.08. The molecule has 7 nitrogen and oxygen atoms in total. The van der Waals surface area contributed by atoms with Gasteiger partial charge in [-0.15, -0.1) is 0 Å². The monoisotopic (exact) mass is 521 g/mol. The van der Waals surface area contributed by atoms with Crippen LogP contribution in [0.3, 0.4) is 0 Å². The van der Waals surface area contributed by atoms with Crippen LogP contribution in [0.5, 0.6) is 11.5 Å². The quantitative estimate of drug-likeness (QED) is 0.316. The molecule has 0 aliphatic carbocycles. The third-order valence-corrected chi connectivity index (χ3v) is 5.99. The maximum Gasteiger partial charge on any atom is 0.286 e. The summed E-state index contributed by atoms with van der Waals surface area (Å²) in [5.41, 5.74) is 3.54. The van der Waals surface area contributed by atoms with Crippen LogP contribution in [0, 0.1) is 12.7 Å². The van der Waals surface area contributed by atoms with Gasteiger partial charge in [0.2, 0.25) is 0 Å². The van der Waals surface area contributed by atoms with E-state index in [1.807, 2.05) is 6.92 Å². The number of carbonyl (C=O) groups is 2. The molecule has 0 aliphatic heterocycles. The van der Waals surface area contributed by atoms with Crippen molar-refractivity contribution in [2.45, 2.75) is 19.8 Å². The van der Waals surface area contributed by atoms with Crippen molar-refractivity contribution in [1.82, 2.24) is 9.97 Å². The molecule has 0 unspecified atom stereocenters. The number of carbonyl (C=O) groups excluding carboxylic acids is 2. The van der Waals surface area contributed by atoms with Crippen molar-refractivity contribution < 1.29 is 24.4 Å². The summed E-state index contributed by atoms with van der Waals surface area (Å²) in [4.78, 5) is 31.9. The topological polar surface area (TPSA) is 101 Å². The number of nitrogens with one attached hydrogen (secondary N) is 1. The van der Waals surface area contributed by atoms with Crippen molar-refractivity contribution in [2.75, 3.05) is 12.5 Å². The van der Waals surface area contributed by atoms with Gasteiger partial charge in [-0.05, 0) is 48.4 Å². The fourth-order valence-corrected chi connectivity index (χ4v) is 4.20. The molecule has 1 N–H and O–H groups in total. The first-order valence-corrected chi connectivity index (χ1v) is 13.8. The molecule has 0 radical (unpaired) electrons. The van der Waals surface area contributed by atoms with Crippen LogP contribution >= 0.6 is 0 Å². The van der Waals surface area contributed by atoms with Crippen molar-refractivity contribution in [1.29, 1.82) is 0 Å². The molecule has 2 heterocycles. The third-order valence-electron chi connectivity index (χ3n) is 5.39. The second kappa shape index (κ2) is 10.9. The fourth-order valence-electron chi connectivity index (χ4n) is 3.69. The van der Waals surface area contributed by atoms with E-state index in [2.05, 4.69) is 14.3 Å². The van der Waals surface area contributed by atoms with Crippen molar-refractivity contribution in [3.63, 3.8) is 0 Å². The number of aromatic amines is 1. The maximum absolute atomic E-state index is 14.0. The van der Waals surface area contributed by atoms with Crippen LogP contribution in [0.25, 0.3) is 11.4 Å². The van der Waals surface area contributed by atoms with E-state index in [0.717, 1.165) is 11.1 Å². The summed E-state index contributed by atoms with van der Waals surface area (Å²) >= 11 is 0. The molecular formula is C28H28FN3O4S. The number of aryl methyl sites for hydroxylation is 1. The van der Waals surface area contributed by atoms with Crippen LogP contribution in [0.15, 0.2) is 77.4 Å². The third kappa shape index (κ3) is 7.20. The van der Waals surface area contributed by atoms with Crippen molar-refractivity contribution >= 4 is 21.4 Å². The lowest BCUT2D eigenvalue weighted by Gasteiger charge is -2.08. The Morgan fingerprint density at radius 2 is 1.78 bits per heavy atom. The Labute approximate surface area is 216 Å². The normalized spacial score (nSPS) is 11.2. The van der Waals surface area contributed by atoms with Crippen LogP contribution < -0.4 is 4.74 Å². The van der Waals surface area contributed by atoms with Crippen LogP contribution in [0.2, 0.25) is 0 Å². The summed E-state index contributed by atoms with van der Waals surface area (Å²) in [6, 6.07) is 16.9. The van der Waals surface area contributed by atoms with Gasteiger partial charge >= 0.3 is 0 Å². The van der Waals surface area contributed by atoms with Crippen LogP contribution in [-0.4, -0.2) is 38.4 Å². The van der Waals surface area contributed by atoms with E-state index in [1.165, 1.54) is 24.8 Å². The van der Waals surface area contributed by atoms with E-state index < -0.39 is 15.6 Å². The largest absolute Gasteiger partial charge is 0.457 e. The molecule has 2 aromatic heterocycles. The zero-order valence-electron chi connectivity index (χ0n) is 20.7. The first-order chi connectivity index (χ1) is 17.6. The SMILES string of the molecule is Cc1ccc(F)c(CC(=O)Cc2ccc(Oc3ccnc(-c4cc(C(=O)N=S(C)(C)=O)c[nH]4)c3)cc2)c1.[HH]. The number of ketones is 1. The van der Waals surface area contributed by atoms with Gasteiger partial charge in [-0.25, -0.2) is 8.60 Å². The number of Topliss-reactive ketones (excluding diaryl/α,β-unsaturated/α-hetero) is 1. The number of aromatic nitrogens is 2. The van der Waals surface area contributed by atoms with Gasteiger partial charge in [0.05, 0.1) is 17.0 Å². The molecule has 9 heteroatoms. The minimum absolute atomic E-state index is 0. The number of rotatable bonds is 8. The smallest absolute Gasteiger partial charge is 0.286 e. The molecule has 0 saturated heterocycles. The highest BCUT2D eigenvalue weighted by Gasteiger charge is 2.13. The van der Waals surface area contributed by atoms with E-state index in [9.17, 15) is 18.2 Å². The molecule has 0 fully saturated rings. The van der Waals surface area contributed by atoms with Gasteiger partial charge < -0.3 is 9.72 Å². The van der Waals surface area contributed by atoms with E-state index in [4.69, 9.17) is 4.74 Å². The number of hydrogen-bond donors (Lipinski definition) is 1. The molecule has 192 valence electrons. The van der Waals surface area contributed by atoms with Crippen LogP contribution in [0.1, 0.15) is 28.5 Å². The molecule has 0 spiro atoms. The van der Waals surface area contributed by atoms with Gasteiger partial charge in [0, 0.05) is 55.0 Å². The zero-order valence-corrected chi connectivity index (χ0v) is 21.5. The van der Waals surface area contributed by atoms with Crippen molar-refractivity contribution in [3.8, 4) is 22.9 Å². The maximum atomic E-state index is 14.0. The van der Waals surface area contributed by atoms with Gasteiger partial charge in [0.25, 0.3) is 5.91 Å². The molecule has 1 amide bonds. The second-order valence-corrected chi connectivity index (χ2v) is 11.5. The zero-order chi connectivity index (χ0) is 26.6. The Kier molecular flexibility index (Phi) is 7.63. The minimum atomic E-state index is -2.55. The number of benzene rings is 2. The predicted molar refractivity (Wildman–Crippen MR) is 143 cm³/mol. The number of amides is 1.